The summed E-state index contributed by atoms with van der Waals surface area (Å²) >= 11 is 0. The maximum absolute atomic E-state index is 11.6. The molecule has 0 aliphatic carbocycles. The van der Waals surface area contributed by atoms with E-state index in [0.717, 1.165) is 22.7 Å². The van der Waals surface area contributed by atoms with Crippen LogP contribution in [0.3, 0.4) is 0 Å². The summed E-state index contributed by atoms with van der Waals surface area (Å²) < 4.78 is 15.6. The van der Waals surface area contributed by atoms with E-state index in [2.05, 4.69) is 4.98 Å². The number of benzene rings is 1. The molecule has 23 heavy (non-hydrogen) atoms. The molecule has 6 nitrogen and oxygen atoms in total. The highest BCUT2D eigenvalue weighted by Gasteiger charge is 2.17. The quantitative estimate of drug-likeness (QED) is 0.849. The molecule has 1 atom stereocenters. The maximum Gasteiger partial charge on any atom is 0.323 e. The Morgan fingerprint density at radius 3 is 2.96 bits per heavy atom. The summed E-state index contributed by atoms with van der Waals surface area (Å²) in [6.07, 6.45) is 0.331. The van der Waals surface area contributed by atoms with Gasteiger partial charge in [0, 0.05) is 17.7 Å². The molecule has 120 valence electrons. The first-order valence-corrected chi connectivity index (χ1v) is 7.45. The zero-order chi connectivity index (χ0) is 16.2. The van der Waals surface area contributed by atoms with E-state index in [1.54, 1.807) is 6.92 Å². The summed E-state index contributed by atoms with van der Waals surface area (Å²) in [6, 6.07) is 10.6. The molecule has 3 rings (SSSR count). The van der Waals surface area contributed by atoms with Crippen molar-refractivity contribution in [2.24, 2.45) is 5.73 Å². The fourth-order valence-electron chi connectivity index (χ4n) is 2.37. The first kappa shape index (κ1) is 15.3. The van der Waals surface area contributed by atoms with Crippen LogP contribution in [0.25, 0.3) is 11.3 Å². The molecule has 2 heterocycles. The third-order valence-electron chi connectivity index (χ3n) is 3.49. The minimum absolute atomic E-state index is 0.237. The Morgan fingerprint density at radius 1 is 1.30 bits per heavy atom. The van der Waals surface area contributed by atoms with Gasteiger partial charge in [0.2, 0.25) is 6.79 Å². The number of carbonyl (C=O) groups is 1. The molecule has 1 aliphatic heterocycles. The molecule has 1 unspecified atom stereocenters. The van der Waals surface area contributed by atoms with Gasteiger partial charge in [0.1, 0.15) is 6.04 Å². The molecule has 2 N–H and O–H groups in total. The number of carbonyl (C=O) groups excluding carboxylic acids is 1. The van der Waals surface area contributed by atoms with E-state index >= 15 is 0 Å². The molecule has 1 aromatic heterocycles. The second-order valence-corrected chi connectivity index (χ2v) is 5.14. The number of hydrogen-bond acceptors (Lipinski definition) is 6. The number of esters is 1. The summed E-state index contributed by atoms with van der Waals surface area (Å²) in [5, 5.41) is 0. The van der Waals surface area contributed by atoms with Gasteiger partial charge in [-0.1, -0.05) is 6.07 Å². The van der Waals surface area contributed by atoms with Gasteiger partial charge in [-0.25, -0.2) is 0 Å². The van der Waals surface area contributed by atoms with E-state index in [4.69, 9.17) is 19.9 Å². The number of nitrogens with two attached hydrogens (primary N) is 1. The highest BCUT2D eigenvalue weighted by molar-refractivity contribution is 5.75. The molecule has 0 spiro atoms. The Balaban J connectivity index is 1.78. The Hall–Kier alpha value is -2.60. The van der Waals surface area contributed by atoms with E-state index in [1.807, 2.05) is 36.4 Å². The summed E-state index contributed by atoms with van der Waals surface area (Å²) in [5.41, 5.74) is 8.29. The smallest absolute Gasteiger partial charge is 0.323 e. The van der Waals surface area contributed by atoms with Crippen molar-refractivity contribution in [1.82, 2.24) is 4.98 Å². The largest absolute Gasteiger partial charge is 0.465 e. The van der Waals surface area contributed by atoms with Crippen LogP contribution in [0.5, 0.6) is 11.5 Å². The van der Waals surface area contributed by atoms with Crippen molar-refractivity contribution in [1.29, 1.82) is 0 Å². The number of pyridine rings is 1. The van der Waals surface area contributed by atoms with Gasteiger partial charge < -0.3 is 19.9 Å². The second kappa shape index (κ2) is 6.66. The van der Waals surface area contributed by atoms with E-state index in [0.29, 0.717) is 18.8 Å². The van der Waals surface area contributed by atoms with E-state index in [-0.39, 0.29) is 6.79 Å². The molecule has 6 heteroatoms. The topological polar surface area (TPSA) is 83.7 Å². The monoisotopic (exact) mass is 314 g/mol. The minimum Gasteiger partial charge on any atom is -0.465 e. The van der Waals surface area contributed by atoms with Crippen molar-refractivity contribution >= 4 is 5.97 Å². The number of aromatic nitrogens is 1. The van der Waals surface area contributed by atoms with Crippen LogP contribution in [-0.4, -0.2) is 30.4 Å². The Morgan fingerprint density at radius 2 is 2.13 bits per heavy atom. The second-order valence-electron chi connectivity index (χ2n) is 5.14. The van der Waals surface area contributed by atoms with Crippen molar-refractivity contribution < 1.29 is 19.0 Å². The summed E-state index contributed by atoms with van der Waals surface area (Å²) in [4.78, 5) is 16.2. The standard InChI is InChI=1S/C17H18N2O4/c1-2-21-17(20)13(18)9-12-4-3-5-14(19-12)11-6-7-15-16(8-11)23-10-22-15/h3-8,13H,2,9-10,18H2,1H3. The minimum atomic E-state index is -0.713. The van der Waals surface area contributed by atoms with Gasteiger partial charge in [0.15, 0.2) is 11.5 Å². The first-order valence-electron chi connectivity index (χ1n) is 7.45. The molecular formula is C17H18N2O4. The molecule has 1 aliphatic rings. The van der Waals surface area contributed by atoms with E-state index < -0.39 is 12.0 Å². The third kappa shape index (κ3) is 3.43. The molecule has 0 fully saturated rings. The maximum atomic E-state index is 11.6. The summed E-state index contributed by atoms with van der Waals surface area (Å²) in [7, 11) is 0. The van der Waals surface area contributed by atoms with Crippen molar-refractivity contribution in [3.05, 3.63) is 42.1 Å². The Labute approximate surface area is 134 Å². The average Bonchev–Trinajstić information content (AvgIpc) is 3.03. The highest BCUT2D eigenvalue weighted by atomic mass is 16.7. The summed E-state index contributed by atoms with van der Waals surface area (Å²) in [5.74, 6) is 1.02. The van der Waals surface area contributed by atoms with Crippen molar-refractivity contribution in [2.75, 3.05) is 13.4 Å². The van der Waals surface area contributed by atoms with Gasteiger partial charge >= 0.3 is 5.97 Å². The van der Waals surface area contributed by atoms with E-state index in [9.17, 15) is 4.79 Å². The number of ether oxygens (including phenoxy) is 3. The van der Waals surface area contributed by atoms with Gasteiger partial charge in [0.05, 0.1) is 12.3 Å². The predicted octanol–water partition coefficient (Wildman–Crippen LogP) is 1.91. The van der Waals surface area contributed by atoms with Gasteiger partial charge in [-0.15, -0.1) is 0 Å². The van der Waals surface area contributed by atoms with Crippen LogP contribution in [0.1, 0.15) is 12.6 Å². The summed E-state index contributed by atoms with van der Waals surface area (Å²) in [6.45, 7) is 2.31. The van der Waals surface area contributed by atoms with Crippen LogP contribution in [0.4, 0.5) is 0 Å². The van der Waals surface area contributed by atoms with Crippen LogP contribution >= 0.6 is 0 Å². The van der Waals surface area contributed by atoms with Crippen LogP contribution in [0.2, 0.25) is 0 Å². The van der Waals surface area contributed by atoms with Crippen molar-refractivity contribution in [3.8, 4) is 22.8 Å². The molecule has 0 saturated heterocycles. The lowest BCUT2D eigenvalue weighted by Gasteiger charge is -2.11. The van der Waals surface area contributed by atoms with Crippen LogP contribution in [-0.2, 0) is 16.0 Å². The SMILES string of the molecule is CCOC(=O)C(N)Cc1cccc(-c2ccc3c(c2)OCO3)n1. The van der Waals surface area contributed by atoms with E-state index in [1.165, 1.54) is 0 Å². The van der Waals surface area contributed by atoms with Gasteiger partial charge in [-0.3, -0.25) is 9.78 Å². The lowest BCUT2D eigenvalue weighted by molar-refractivity contribution is -0.144. The van der Waals surface area contributed by atoms with Crippen LogP contribution in [0, 0.1) is 0 Å². The number of hydrogen-bond donors (Lipinski definition) is 1. The molecule has 0 saturated carbocycles. The molecular weight excluding hydrogens is 296 g/mol. The van der Waals surface area contributed by atoms with Crippen LogP contribution in [0.15, 0.2) is 36.4 Å². The lowest BCUT2D eigenvalue weighted by Crippen LogP contribution is -2.34. The molecule has 1 aromatic carbocycles. The highest BCUT2D eigenvalue weighted by Crippen LogP contribution is 2.35. The third-order valence-corrected chi connectivity index (χ3v) is 3.49. The lowest BCUT2D eigenvalue weighted by atomic mass is 10.1. The first-order chi connectivity index (χ1) is 11.2. The number of fused-ring (bicyclic) bond motifs is 1. The van der Waals surface area contributed by atoms with Crippen molar-refractivity contribution in [3.63, 3.8) is 0 Å². The van der Waals surface area contributed by atoms with Gasteiger partial charge in [0.25, 0.3) is 0 Å². The fraction of sp³-hybridized carbons (Fsp3) is 0.294. The average molecular weight is 314 g/mol. The molecule has 0 bridgehead atoms. The predicted molar refractivity (Wildman–Crippen MR) is 84.1 cm³/mol. The fourth-order valence-corrected chi connectivity index (χ4v) is 2.37. The zero-order valence-electron chi connectivity index (χ0n) is 12.8. The zero-order valence-corrected chi connectivity index (χ0v) is 12.8. The van der Waals surface area contributed by atoms with Gasteiger partial charge in [-0.2, -0.15) is 0 Å². The number of nitrogens with zero attached hydrogens (tertiary/aromatic N) is 1. The molecule has 0 radical (unpaired) electrons. The van der Waals surface area contributed by atoms with Crippen molar-refractivity contribution in [2.45, 2.75) is 19.4 Å². The molecule has 2 aromatic rings. The Kier molecular flexibility index (Phi) is 4.43. The van der Waals surface area contributed by atoms with Gasteiger partial charge in [-0.05, 0) is 37.3 Å². The Bertz CT molecular complexity index is 717. The number of rotatable bonds is 5. The van der Waals surface area contributed by atoms with Crippen LogP contribution < -0.4 is 15.2 Å². The normalized spacial score (nSPS) is 13.7. The molecule has 0 amide bonds.